The average Bonchev–Trinajstić information content (AvgIpc) is 2.47. The summed E-state index contributed by atoms with van der Waals surface area (Å²) in [5.41, 5.74) is 0.917. The quantitative estimate of drug-likeness (QED) is 0.919. The van der Waals surface area contributed by atoms with Crippen molar-refractivity contribution in [1.29, 1.82) is 0 Å². The Morgan fingerprint density at radius 2 is 2.00 bits per heavy atom. The Labute approximate surface area is 121 Å². The second-order valence-electron chi connectivity index (χ2n) is 4.69. The lowest BCUT2D eigenvalue weighted by Gasteiger charge is -2.18. The van der Waals surface area contributed by atoms with Crippen LogP contribution in [0.25, 0.3) is 0 Å². The molecule has 1 atom stereocenters. The van der Waals surface area contributed by atoms with Gasteiger partial charge in [0.05, 0.1) is 11.8 Å². The van der Waals surface area contributed by atoms with Gasteiger partial charge in [-0.15, -0.1) is 0 Å². The van der Waals surface area contributed by atoms with Crippen molar-refractivity contribution in [3.8, 4) is 0 Å². The van der Waals surface area contributed by atoms with Crippen LogP contribution in [0, 0.1) is 0 Å². The summed E-state index contributed by atoms with van der Waals surface area (Å²) >= 11 is 0. The number of nitrogens with one attached hydrogen (secondary N) is 1. The molecule has 0 saturated heterocycles. The van der Waals surface area contributed by atoms with E-state index in [1.54, 1.807) is 18.5 Å². The predicted octanol–water partition coefficient (Wildman–Crippen LogP) is 3.39. The monoisotopic (exact) mass is 295 g/mol. The zero-order chi connectivity index (χ0) is 15.3. The third-order valence-electron chi connectivity index (χ3n) is 3.15. The van der Waals surface area contributed by atoms with E-state index in [1.807, 2.05) is 13.0 Å². The molecule has 6 heteroatoms. The summed E-state index contributed by atoms with van der Waals surface area (Å²) in [6.45, 7) is 2.67. The molecule has 21 heavy (non-hydrogen) atoms. The second-order valence-corrected chi connectivity index (χ2v) is 4.69. The zero-order valence-electron chi connectivity index (χ0n) is 11.6. The number of rotatable bonds is 5. The number of likely N-dealkylation sites (N-methyl/N-ethyl adjacent to an activating group) is 1. The van der Waals surface area contributed by atoms with Crippen LogP contribution in [-0.4, -0.2) is 16.7 Å². The number of aromatic nitrogens is 2. The molecule has 0 fully saturated rings. The van der Waals surface area contributed by atoms with E-state index < -0.39 is 11.7 Å². The van der Waals surface area contributed by atoms with E-state index in [2.05, 4.69) is 15.5 Å². The Bertz CT molecular complexity index is 570. The van der Waals surface area contributed by atoms with Crippen molar-refractivity contribution in [1.82, 2.24) is 15.5 Å². The minimum atomic E-state index is -4.32. The fraction of sp³-hybridized carbons (Fsp3) is 0.333. The summed E-state index contributed by atoms with van der Waals surface area (Å²) in [5, 5.41) is 10.8. The van der Waals surface area contributed by atoms with Gasteiger partial charge in [0.2, 0.25) is 0 Å². The number of halogens is 3. The number of benzene rings is 1. The zero-order valence-corrected chi connectivity index (χ0v) is 11.6. The first-order chi connectivity index (χ1) is 10.0. The Kier molecular flexibility index (Phi) is 4.90. The highest BCUT2D eigenvalue weighted by atomic mass is 19.4. The normalized spacial score (nSPS) is 13.1. The molecule has 0 aliphatic rings. The number of hydrogen-bond acceptors (Lipinski definition) is 3. The third kappa shape index (κ3) is 4.26. The number of hydrogen-bond donors (Lipinski definition) is 1. The van der Waals surface area contributed by atoms with E-state index in [0.717, 1.165) is 11.6 Å². The van der Waals surface area contributed by atoms with Crippen molar-refractivity contribution in [2.24, 2.45) is 0 Å². The van der Waals surface area contributed by atoms with Gasteiger partial charge in [-0.1, -0.05) is 25.1 Å². The van der Waals surface area contributed by atoms with Crippen LogP contribution < -0.4 is 5.32 Å². The van der Waals surface area contributed by atoms with Gasteiger partial charge in [-0.3, -0.25) is 0 Å². The van der Waals surface area contributed by atoms with E-state index in [-0.39, 0.29) is 6.04 Å². The molecule has 0 spiro atoms. The van der Waals surface area contributed by atoms with Crippen molar-refractivity contribution < 1.29 is 13.2 Å². The van der Waals surface area contributed by atoms with Gasteiger partial charge < -0.3 is 5.32 Å². The standard InChI is InChI=1S/C15H16F3N3/c1-2-19-14(12-6-7-20-21-10-12)9-11-4-3-5-13(8-11)15(16,17)18/h3-8,10,14,19H,2,9H2,1H3. The molecule has 112 valence electrons. The Morgan fingerprint density at radius 3 is 2.62 bits per heavy atom. The average molecular weight is 295 g/mol. The molecule has 2 aromatic rings. The molecule has 1 unspecified atom stereocenters. The fourth-order valence-corrected chi connectivity index (χ4v) is 2.17. The highest BCUT2D eigenvalue weighted by Crippen LogP contribution is 2.30. The van der Waals surface area contributed by atoms with E-state index >= 15 is 0 Å². The van der Waals surface area contributed by atoms with Crippen molar-refractivity contribution in [3.63, 3.8) is 0 Å². The summed E-state index contributed by atoms with van der Waals surface area (Å²) in [5.74, 6) is 0. The smallest absolute Gasteiger partial charge is 0.310 e. The molecule has 0 radical (unpaired) electrons. The van der Waals surface area contributed by atoms with E-state index in [4.69, 9.17) is 0 Å². The van der Waals surface area contributed by atoms with Gasteiger partial charge in [-0.25, -0.2) is 0 Å². The van der Waals surface area contributed by atoms with Crippen LogP contribution >= 0.6 is 0 Å². The fourth-order valence-electron chi connectivity index (χ4n) is 2.17. The maximum atomic E-state index is 12.7. The molecule has 0 aliphatic carbocycles. The van der Waals surface area contributed by atoms with Gasteiger partial charge in [0.25, 0.3) is 0 Å². The molecule has 1 aromatic carbocycles. The van der Waals surface area contributed by atoms with Crippen molar-refractivity contribution in [2.75, 3.05) is 6.54 Å². The second kappa shape index (κ2) is 6.67. The molecular weight excluding hydrogens is 279 g/mol. The van der Waals surface area contributed by atoms with Gasteiger partial charge in [0.15, 0.2) is 0 Å². The minimum Gasteiger partial charge on any atom is -0.310 e. The SMILES string of the molecule is CCNC(Cc1cccc(C(F)(F)F)c1)c1ccnnc1. The van der Waals surface area contributed by atoms with E-state index in [1.165, 1.54) is 12.1 Å². The van der Waals surface area contributed by atoms with Crippen LogP contribution in [0.5, 0.6) is 0 Å². The summed E-state index contributed by atoms with van der Waals surface area (Å²) in [6.07, 6.45) is -0.655. The van der Waals surface area contributed by atoms with Gasteiger partial charge >= 0.3 is 6.18 Å². The van der Waals surface area contributed by atoms with Crippen LogP contribution in [-0.2, 0) is 12.6 Å². The van der Waals surface area contributed by atoms with Gasteiger partial charge in [0.1, 0.15) is 0 Å². The molecule has 0 bridgehead atoms. The molecule has 3 nitrogen and oxygen atoms in total. The molecule has 2 rings (SSSR count). The van der Waals surface area contributed by atoms with E-state index in [0.29, 0.717) is 18.5 Å². The lowest BCUT2D eigenvalue weighted by Crippen LogP contribution is -2.23. The Morgan fingerprint density at radius 1 is 1.19 bits per heavy atom. The van der Waals surface area contributed by atoms with Crippen LogP contribution in [0.4, 0.5) is 13.2 Å². The van der Waals surface area contributed by atoms with Gasteiger partial charge in [-0.05, 0) is 36.2 Å². The predicted molar refractivity (Wildman–Crippen MR) is 73.6 cm³/mol. The van der Waals surface area contributed by atoms with Crippen LogP contribution in [0.2, 0.25) is 0 Å². The number of alkyl halides is 3. The lowest BCUT2D eigenvalue weighted by molar-refractivity contribution is -0.137. The molecule has 1 heterocycles. The molecular formula is C15H16F3N3. The summed E-state index contributed by atoms with van der Waals surface area (Å²) in [7, 11) is 0. The topological polar surface area (TPSA) is 37.8 Å². The largest absolute Gasteiger partial charge is 0.416 e. The Balaban J connectivity index is 2.21. The molecule has 0 amide bonds. The summed E-state index contributed by atoms with van der Waals surface area (Å²) in [6, 6.07) is 7.14. The first kappa shape index (κ1) is 15.4. The maximum Gasteiger partial charge on any atom is 0.416 e. The highest BCUT2D eigenvalue weighted by molar-refractivity contribution is 5.27. The van der Waals surface area contributed by atoms with E-state index in [9.17, 15) is 13.2 Å². The van der Waals surface area contributed by atoms with Gasteiger partial charge in [-0.2, -0.15) is 23.4 Å². The maximum absolute atomic E-state index is 12.7. The van der Waals surface area contributed by atoms with Crippen LogP contribution in [0.1, 0.15) is 29.7 Å². The summed E-state index contributed by atoms with van der Waals surface area (Å²) < 4.78 is 38.2. The van der Waals surface area contributed by atoms with Gasteiger partial charge in [0, 0.05) is 12.2 Å². The molecule has 1 N–H and O–H groups in total. The minimum absolute atomic E-state index is 0.0889. The third-order valence-corrected chi connectivity index (χ3v) is 3.15. The van der Waals surface area contributed by atoms with Crippen LogP contribution in [0.15, 0.2) is 42.7 Å². The van der Waals surface area contributed by atoms with Crippen LogP contribution in [0.3, 0.4) is 0 Å². The van der Waals surface area contributed by atoms with Crippen molar-refractivity contribution in [2.45, 2.75) is 25.6 Å². The molecule has 1 aromatic heterocycles. The van der Waals surface area contributed by atoms with Crippen molar-refractivity contribution in [3.05, 3.63) is 59.4 Å². The Hall–Kier alpha value is -1.95. The first-order valence-corrected chi connectivity index (χ1v) is 6.67. The highest BCUT2D eigenvalue weighted by Gasteiger charge is 2.30. The number of nitrogens with zero attached hydrogens (tertiary/aromatic N) is 2. The molecule has 0 aliphatic heterocycles. The summed E-state index contributed by atoms with van der Waals surface area (Å²) in [4.78, 5) is 0. The molecule has 0 saturated carbocycles. The van der Waals surface area contributed by atoms with Crippen molar-refractivity contribution >= 4 is 0 Å². The first-order valence-electron chi connectivity index (χ1n) is 6.67. The lowest BCUT2D eigenvalue weighted by atomic mass is 9.99.